The van der Waals surface area contributed by atoms with Crippen molar-refractivity contribution in [3.8, 4) is 0 Å². The average molecular weight is 332 g/mol. The van der Waals surface area contributed by atoms with Gasteiger partial charge < -0.3 is 14.3 Å². The Kier molecular flexibility index (Phi) is 3.94. The zero-order chi connectivity index (χ0) is 11.4. The second kappa shape index (κ2) is 5.44. The zero-order valence-corrected chi connectivity index (χ0v) is 11.1. The first-order valence-electron chi connectivity index (χ1n) is 5.11. The number of halogens is 1. The molecule has 2 aromatic rings. The van der Waals surface area contributed by atoms with Crippen molar-refractivity contribution < 1.29 is 4.42 Å². The maximum absolute atomic E-state index is 5.44. The van der Waals surface area contributed by atoms with E-state index in [0.717, 1.165) is 21.9 Å². The Morgan fingerprint density at radius 3 is 3.00 bits per heavy atom. The predicted molar refractivity (Wildman–Crippen MR) is 67.7 cm³/mol. The SMILES string of the molecule is CCn1cnnc1CNCc1ccc(I)o1. The van der Waals surface area contributed by atoms with E-state index in [1.165, 1.54) is 0 Å². The third kappa shape index (κ3) is 2.82. The molecular weight excluding hydrogens is 319 g/mol. The summed E-state index contributed by atoms with van der Waals surface area (Å²) in [5.74, 6) is 1.88. The number of hydrogen-bond donors (Lipinski definition) is 1. The van der Waals surface area contributed by atoms with Gasteiger partial charge in [-0.3, -0.25) is 0 Å². The fourth-order valence-electron chi connectivity index (χ4n) is 1.42. The molecule has 5 nitrogen and oxygen atoms in total. The molecule has 0 amide bonds. The largest absolute Gasteiger partial charge is 0.454 e. The van der Waals surface area contributed by atoms with E-state index in [4.69, 9.17) is 4.42 Å². The van der Waals surface area contributed by atoms with Gasteiger partial charge in [0.2, 0.25) is 0 Å². The van der Waals surface area contributed by atoms with Crippen molar-refractivity contribution in [3.05, 3.63) is 33.8 Å². The molecule has 2 heterocycles. The van der Waals surface area contributed by atoms with Gasteiger partial charge in [-0.05, 0) is 41.6 Å². The molecule has 0 aliphatic heterocycles. The van der Waals surface area contributed by atoms with Gasteiger partial charge in [0.1, 0.15) is 17.9 Å². The van der Waals surface area contributed by atoms with Crippen LogP contribution in [-0.4, -0.2) is 14.8 Å². The Hall–Kier alpha value is -0.890. The van der Waals surface area contributed by atoms with E-state index in [1.807, 2.05) is 16.7 Å². The molecule has 0 radical (unpaired) electrons. The molecular formula is C10H13IN4O. The molecule has 1 N–H and O–H groups in total. The fraction of sp³-hybridized carbons (Fsp3) is 0.400. The van der Waals surface area contributed by atoms with Crippen molar-refractivity contribution in [2.45, 2.75) is 26.6 Å². The van der Waals surface area contributed by atoms with Gasteiger partial charge in [0, 0.05) is 6.54 Å². The van der Waals surface area contributed by atoms with Gasteiger partial charge in [0.25, 0.3) is 0 Å². The average Bonchev–Trinajstić information content (AvgIpc) is 2.87. The highest BCUT2D eigenvalue weighted by molar-refractivity contribution is 14.1. The topological polar surface area (TPSA) is 55.9 Å². The summed E-state index contributed by atoms with van der Waals surface area (Å²) < 4.78 is 8.36. The van der Waals surface area contributed by atoms with Crippen LogP contribution >= 0.6 is 22.6 Å². The predicted octanol–water partition coefficient (Wildman–Crippen LogP) is 1.79. The van der Waals surface area contributed by atoms with Crippen molar-refractivity contribution in [2.75, 3.05) is 0 Å². The number of aryl methyl sites for hydroxylation is 1. The van der Waals surface area contributed by atoms with Gasteiger partial charge in [0.05, 0.1) is 13.1 Å². The maximum Gasteiger partial charge on any atom is 0.164 e. The number of aromatic nitrogens is 3. The van der Waals surface area contributed by atoms with Crippen LogP contribution < -0.4 is 5.32 Å². The summed E-state index contributed by atoms with van der Waals surface area (Å²) in [6.07, 6.45) is 1.74. The number of furan rings is 1. The van der Waals surface area contributed by atoms with Crippen LogP contribution in [0.3, 0.4) is 0 Å². The van der Waals surface area contributed by atoms with Crippen molar-refractivity contribution in [3.63, 3.8) is 0 Å². The molecule has 6 heteroatoms. The molecule has 0 aliphatic carbocycles. The molecule has 0 bridgehead atoms. The lowest BCUT2D eigenvalue weighted by Crippen LogP contribution is -2.16. The molecule has 0 spiro atoms. The molecule has 2 rings (SSSR count). The van der Waals surface area contributed by atoms with E-state index >= 15 is 0 Å². The van der Waals surface area contributed by atoms with Crippen LogP contribution in [0.15, 0.2) is 22.9 Å². The minimum atomic E-state index is 0.700. The van der Waals surface area contributed by atoms with Crippen LogP contribution in [0.2, 0.25) is 0 Å². The molecule has 0 fully saturated rings. The van der Waals surface area contributed by atoms with Crippen LogP contribution in [0, 0.1) is 3.77 Å². The van der Waals surface area contributed by atoms with E-state index in [2.05, 4.69) is 45.0 Å². The minimum absolute atomic E-state index is 0.700. The van der Waals surface area contributed by atoms with Gasteiger partial charge in [-0.2, -0.15) is 0 Å². The van der Waals surface area contributed by atoms with E-state index in [1.54, 1.807) is 6.33 Å². The number of nitrogens with one attached hydrogen (secondary N) is 1. The Labute approximate surface area is 107 Å². The summed E-state index contributed by atoms with van der Waals surface area (Å²) in [5.41, 5.74) is 0. The number of nitrogens with zero attached hydrogens (tertiary/aromatic N) is 3. The van der Waals surface area contributed by atoms with Crippen LogP contribution in [0.25, 0.3) is 0 Å². The van der Waals surface area contributed by atoms with E-state index in [0.29, 0.717) is 13.1 Å². The minimum Gasteiger partial charge on any atom is -0.454 e. The molecule has 0 saturated carbocycles. The Morgan fingerprint density at radius 1 is 1.44 bits per heavy atom. The van der Waals surface area contributed by atoms with Crippen LogP contribution in [-0.2, 0) is 19.6 Å². The first kappa shape index (κ1) is 11.6. The molecule has 0 atom stereocenters. The van der Waals surface area contributed by atoms with Gasteiger partial charge in [0.15, 0.2) is 3.77 Å². The lowest BCUT2D eigenvalue weighted by Gasteiger charge is -2.03. The summed E-state index contributed by atoms with van der Waals surface area (Å²) >= 11 is 2.15. The summed E-state index contributed by atoms with van der Waals surface area (Å²) in [7, 11) is 0. The van der Waals surface area contributed by atoms with Crippen LogP contribution in [0.5, 0.6) is 0 Å². The van der Waals surface area contributed by atoms with Gasteiger partial charge in [-0.1, -0.05) is 0 Å². The molecule has 0 aliphatic rings. The van der Waals surface area contributed by atoms with Crippen molar-refractivity contribution in [1.82, 2.24) is 20.1 Å². The van der Waals surface area contributed by atoms with Crippen LogP contribution in [0.1, 0.15) is 18.5 Å². The molecule has 16 heavy (non-hydrogen) atoms. The summed E-state index contributed by atoms with van der Waals surface area (Å²) in [5, 5.41) is 11.2. The van der Waals surface area contributed by atoms with Gasteiger partial charge >= 0.3 is 0 Å². The fourth-order valence-corrected chi connectivity index (χ4v) is 1.89. The third-order valence-electron chi connectivity index (χ3n) is 2.25. The Morgan fingerprint density at radius 2 is 2.31 bits per heavy atom. The van der Waals surface area contributed by atoms with E-state index < -0.39 is 0 Å². The van der Waals surface area contributed by atoms with Crippen molar-refractivity contribution >= 4 is 22.6 Å². The highest BCUT2D eigenvalue weighted by Gasteiger charge is 2.03. The van der Waals surface area contributed by atoms with Crippen molar-refractivity contribution in [1.29, 1.82) is 0 Å². The van der Waals surface area contributed by atoms with E-state index in [9.17, 15) is 0 Å². The Balaban J connectivity index is 1.84. The molecule has 0 aromatic carbocycles. The van der Waals surface area contributed by atoms with Gasteiger partial charge in [-0.25, -0.2) is 0 Å². The second-order valence-corrected chi connectivity index (χ2v) is 4.41. The monoisotopic (exact) mass is 332 g/mol. The first-order chi connectivity index (χ1) is 7.79. The number of hydrogen-bond acceptors (Lipinski definition) is 4. The summed E-state index contributed by atoms with van der Waals surface area (Å²) in [6.45, 7) is 4.37. The maximum atomic E-state index is 5.44. The second-order valence-electron chi connectivity index (χ2n) is 3.34. The smallest absolute Gasteiger partial charge is 0.164 e. The highest BCUT2D eigenvalue weighted by atomic mass is 127. The van der Waals surface area contributed by atoms with Gasteiger partial charge in [-0.15, -0.1) is 10.2 Å². The van der Waals surface area contributed by atoms with Crippen molar-refractivity contribution in [2.24, 2.45) is 0 Å². The lowest BCUT2D eigenvalue weighted by atomic mass is 10.4. The third-order valence-corrected chi connectivity index (χ3v) is 2.83. The molecule has 2 aromatic heterocycles. The Bertz CT molecular complexity index is 451. The zero-order valence-electron chi connectivity index (χ0n) is 8.98. The standard InChI is InChI=1S/C10H13IN4O/c1-2-15-7-13-14-10(15)6-12-5-8-3-4-9(11)16-8/h3-4,7,12H,2,5-6H2,1H3. The van der Waals surface area contributed by atoms with Crippen LogP contribution in [0.4, 0.5) is 0 Å². The normalized spacial score (nSPS) is 10.9. The molecule has 0 saturated heterocycles. The number of rotatable bonds is 5. The quantitative estimate of drug-likeness (QED) is 0.848. The first-order valence-corrected chi connectivity index (χ1v) is 6.19. The summed E-state index contributed by atoms with van der Waals surface area (Å²) in [6, 6.07) is 3.92. The summed E-state index contributed by atoms with van der Waals surface area (Å²) in [4.78, 5) is 0. The van der Waals surface area contributed by atoms with E-state index in [-0.39, 0.29) is 0 Å². The molecule has 86 valence electrons. The lowest BCUT2D eigenvalue weighted by molar-refractivity contribution is 0.458. The molecule has 0 unspecified atom stereocenters. The highest BCUT2D eigenvalue weighted by Crippen LogP contribution is 2.09.